The molecule has 34 heavy (non-hydrogen) atoms. The highest BCUT2D eigenvalue weighted by atomic mass is 35.5. The molecule has 0 aromatic carbocycles. The Labute approximate surface area is 203 Å². The first-order chi connectivity index (χ1) is 15.9. The van der Waals surface area contributed by atoms with Crippen molar-refractivity contribution in [1.29, 1.82) is 0 Å². The van der Waals surface area contributed by atoms with E-state index in [1.807, 2.05) is 0 Å². The quantitative estimate of drug-likeness (QED) is 0.255. The molecule has 9 nitrogen and oxygen atoms in total. The van der Waals surface area contributed by atoms with Gasteiger partial charge in [0.25, 0.3) is 0 Å². The summed E-state index contributed by atoms with van der Waals surface area (Å²) in [6.07, 6.45) is -0.524. The lowest BCUT2D eigenvalue weighted by atomic mass is 9.54. The van der Waals surface area contributed by atoms with Crippen molar-refractivity contribution in [3.05, 3.63) is 23.8 Å². The van der Waals surface area contributed by atoms with E-state index in [1.165, 1.54) is 26.8 Å². The molecule has 3 fully saturated rings. The minimum Gasteiger partial charge on any atom is -0.459 e. The topological polar surface area (TPSA) is 132 Å². The number of aliphatic hydroxyl groups excluding tert-OH is 1. The lowest BCUT2D eigenvalue weighted by Crippen LogP contribution is -2.66. The molecule has 0 aromatic heterocycles. The summed E-state index contributed by atoms with van der Waals surface area (Å²) in [6.45, 7) is 7.60. The van der Waals surface area contributed by atoms with Crippen molar-refractivity contribution >= 4 is 29.5 Å². The molecule has 2 aliphatic carbocycles. The van der Waals surface area contributed by atoms with Crippen LogP contribution in [0, 0.1) is 23.2 Å². The van der Waals surface area contributed by atoms with Crippen LogP contribution in [0.15, 0.2) is 23.8 Å². The summed E-state index contributed by atoms with van der Waals surface area (Å²) in [5.74, 6) is -4.15. The number of carbonyl (C=O) groups excluding carboxylic acids is 3. The van der Waals surface area contributed by atoms with Crippen LogP contribution in [0.25, 0.3) is 0 Å². The summed E-state index contributed by atoms with van der Waals surface area (Å²) in [5, 5.41) is 23.6. The lowest BCUT2D eigenvalue weighted by Gasteiger charge is -2.53. The van der Waals surface area contributed by atoms with Gasteiger partial charge in [-0.1, -0.05) is 26.0 Å². The summed E-state index contributed by atoms with van der Waals surface area (Å²) >= 11 is 6.10. The number of ether oxygens (including phenoxy) is 4. The van der Waals surface area contributed by atoms with E-state index >= 15 is 0 Å². The van der Waals surface area contributed by atoms with E-state index in [0.717, 1.165) is 0 Å². The maximum atomic E-state index is 12.7. The number of carbonyl (C=O) groups is 3. The van der Waals surface area contributed by atoms with E-state index in [2.05, 4.69) is 0 Å². The molecule has 10 heteroatoms. The van der Waals surface area contributed by atoms with Crippen LogP contribution < -0.4 is 0 Å². The third-order valence-electron chi connectivity index (χ3n) is 8.04. The second-order valence-electron chi connectivity index (χ2n) is 10.0. The standard InChI is InChI=1S/C24H31ClO9/c1-10-17-20(32-13(4)27)24(30)11(2)22(29)33-16(24)8-14(9-25)6-7-15(28)23(17,5)21-19(34-21)18(10)31-12(3)26/h6-8,10-11,15-21,28,30H,9H2,1-5H3/b7-6-,14-8+/t10-,11+,15+,16+,17-,18-,19+,20-,21+,23-,24+/m1/s1. The third-order valence-corrected chi connectivity index (χ3v) is 8.35. The fourth-order valence-corrected chi connectivity index (χ4v) is 6.37. The molecule has 2 heterocycles. The van der Waals surface area contributed by atoms with Crippen LogP contribution in [0.1, 0.15) is 34.6 Å². The van der Waals surface area contributed by atoms with Gasteiger partial charge in [0.15, 0.2) is 11.7 Å². The third kappa shape index (κ3) is 3.68. The minimum absolute atomic E-state index is 0.0353. The van der Waals surface area contributed by atoms with Crippen molar-refractivity contribution in [3.63, 3.8) is 0 Å². The fraction of sp³-hybridized carbons (Fsp3) is 0.708. The summed E-state index contributed by atoms with van der Waals surface area (Å²) in [7, 11) is 0. The molecule has 0 bridgehead atoms. The van der Waals surface area contributed by atoms with E-state index in [0.29, 0.717) is 5.57 Å². The number of hydrogen-bond acceptors (Lipinski definition) is 9. The molecule has 2 aliphatic heterocycles. The van der Waals surface area contributed by atoms with Crippen molar-refractivity contribution in [1.82, 2.24) is 0 Å². The lowest BCUT2D eigenvalue weighted by molar-refractivity contribution is -0.215. The Kier molecular flexibility index (Phi) is 6.38. The molecule has 11 atom stereocenters. The van der Waals surface area contributed by atoms with Gasteiger partial charge in [-0.3, -0.25) is 14.4 Å². The first-order valence-corrected chi connectivity index (χ1v) is 12.0. The highest BCUT2D eigenvalue weighted by molar-refractivity contribution is 6.19. The van der Waals surface area contributed by atoms with Crippen molar-refractivity contribution in [2.75, 3.05) is 5.88 Å². The zero-order valence-electron chi connectivity index (χ0n) is 19.8. The Morgan fingerprint density at radius 3 is 2.44 bits per heavy atom. The summed E-state index contributed by atoms with van der Waals surface area (Å²) in [6, 6.07) is 0. The van der Waals surface area contributed by atoms with Crippen LogP contribution in [0.4, 0.5) is 0 Å². The van der Waals surface area contributed by atoms with Crippen LogP contribution in [0.2, 0.25) is 0 Å². The number of esters is 3. The average molecular weight is 499 g/mol. The van der Waals surface area contributed by atoms with Crippen LogP contribution in [0.5, 0.6) is 0 Å². The zero-order valence-corrected chi connectivity index (χ0v) is 20.5. The number of halogens is 1. The second kappa shape index (κ2) is 8.62. The number of alkyl halides is 1. The minimum atomic E-state index is -1.98. The molecule has 2 N–H and O–H groups in total. The maximum absolute atomic E-state index is 12.7. The van der Waals surface area contributed by atoms with E-state index in [-0.39, 0.29) is 5.88 Å². The molecule has 1 saturated carbocycles. The number of fused-ring (bicyclic) bond motifs is 4. The molecule has 0 unspecified atom stereocenters. The van der Waals surface area contributed by atoms with Crippen LogP contribution in [-0.4, -0.2) is 76.2 Å². The highest BCUT2D eigenvalue weighted by Gasteiger charge is 2.74. The van der Waals surface area contributed by atoms with Gasteiger partial charge in [0, 0.05) is 37.0 Å². The zero-order chi connectivity index (χ0) is 25.2. The molecule has 0 amide bonds. The van der Waals surface area contributed by atoms with Crippen LogP contribution in [-0.2, 0) is 33.3 Å². The van der Waals surface area contributed by atoms with Crippen molar-refractivity contribution < 1.29 is 43.5 Å². The van der Waals surface area contributed by atoms with Gasteiger partial charge in [-0.2, -0.15) is 0 Å². The van der Waals surface area contributed by atoms with Gasteiger partial charge in [0.2, 0.25) is 0 Å². The molecular weight excluding hydrogens is 468 g/mol. The molecular formula is C24H31ClO9. The first kappa shape index (κ1) is 25.2. The van der Waals surface area contributed by atoms with Crippen molar-refractivity contribution in [2.24, 2.45) is 23.2 Å². The monoisotopic (exact) mass is 498 g/mol. The number of epoxide rings is 1. The molecule has 0 aromatic rings. The van der Waals surface area contributed by atoms with Gasteiger partial charge in [0.1, 0.15) is 18.3 Å². The SMILES string of the molecule is CC(=O)O[C@@H]1[C@H](C)[C@@H]2[C@@H](OC(C)=O)[C@@]3(O)[C@H](/C=C(CCl)\C=C/[C@H](O)[C@@]2(C)[C@H]2O[C@@H]12)OC(=O)[C@@H]3C. The molecule has 188 valence electrons. The number of aliphatic hydroxyl groups is 2. The first-order valence-electron chi connectivity index (χ1n) is 11.4. The normalized spacial score (nSPS) is 49.8. The summed E-state index contributed by atoms with van der Waals surface area (Å²) in [5.41, 5.74) is -2.53. The Morgan fingerprint density at radius 1 is 1.21 bits per heavy atom. The van der Waals surface area contributed by atoms with Gasteiger partial charge < -0.3 is 29.2 Å². The number of allylic oxidation sites excluding steroid dienone is 2. The summed E-state index contributed by atoms with van der Waals surface area (Å²) in [4.78, 5) is 36.9. The molecule has 0 radical (unpaired) electrons. The van der Waals surface area contributed by atoms with Crippen molar-refractivity contribution in [3.8, 4) is 0 Å². The van der Waals surface area contributed by atoms with Crippen LogP contribution in [0.3, 0.4) is 0 Å². The maximum Gasteiger partial charge on any atom is 0.312 e. The largest absolute Gasteiger partial charge is 0.459 e. The number of hydrogen-bond donors (Lipinski definition) is 2. The van der Waals surface area contributed by atoms with Gasteiger partial charge in [-0.15, -0.1) is 11.6 Å². The Balaban J connectivity index is 1.95. The Morgan fingerprint density at radius 2 is 1.85 bits per heavy atom. The molecule has 2 saturated heterocycles. The average Bonchev–Trinajstić information content (AvgIpc) is 3.53. The fourth-order valence-electron chi connectivity index (χ4n) is 6.20. The Hall–Kier alpha value is -1.94. The van der Waals surface area contributed by atoms with E-state index in [9.17, 15) is 24.6 Å². The van der Waals surface area contributed by atoms with E-state index < -0.39 is 83.3 Å². The van der Waals surface area contributed by atoms with E-state index in [1.54, 1.807) is 26.0 Å². The highest BCUT2D eigenvalue weighted by Crippen LogP contribution is 2.61. The molecule has 0 spiro atoms. The predicted molar refractivity (Wildman–Crippen MR) is 118 cm³/mol. The van der Waals surface area contributed by atoms with E-state index in [4.69, 9.17) is 30.5 Å². The van der Waals surface area contributed by atoms with Gasteiger partial charge in [-0.05, 0) is 18.6 Å². The van der Waals surface area contributed by atoms with Crippen molar-refractivity contribution in [2.45, 2.75) is 76.8 Å². The Bertz CT molecular complexity index is 947. The van der Waals surface area contributed by atoms with Crippen LogP contribution >= 0.6 is 11.6 Å². The predicted octanol–water partition coefficient (Wildman–Crippen LogP) is 1.28. The second-order valence-corrected chi connectivity index (χ2v) is 10.3. The number of rotatable bonds is 3. The van der Waals surface area contributed by atoms with Gasteiger partial charge >= 0.3 is 17.9 Å². The van der Waals surface area contributed by atoms with Gasteiger partial charge in [-0.25, -0.2) is 0 Å². The molecule has 4 rings (SSSR count). The van der Waals surface area contributed by atoms with Gasteiger partial charge in [0.05, 0.1) is 18.1 Å². The smallest absolute Gasteiger partial charge is 0.312 e. The summed E-state index contributed by atoms with van der Waals surface area (Å²) < 4.78 is 22.8. The molecule has 4 aliphatic rings.